The average Bonchev–Trinajstić information content (AvgIpc) is 2.45. The molecule has 0 saturated heterocycles. The number of pyridine rings is 1. The zero-order chi connectivity index (χ0) is 15.6. The quantitative estimate of drug-likeness (QED) is 0.393. The van der Waals surface area contributed by atoms with Crippen LogP contribution in [0, 0.1) is 20.8 Å². The van der Waals surface area contributed by atoms with Crippen LogP contribution in [0.15, 0.2) is 35.5 Å². The van der Waals surface area contributed by atoms with Gasteiger partial charge in [-0.15, -0.1) is 0 Å². The van der Waals surface area contributed by atoms with Crippen LogP contribution < -0.4 is 10.6 Å². The van der Waals surface area contributed by atoms with Crippen LogP contribution in [0.3, 0.4) is 0 Å². The van der Waals surface area contributed by atoms with E-state index in [0.29, 0.717) is 5.56 Å². The van der Waals surface area contributed by atoms with Crippen LogP contribution in [-0.2, 0) is 0 Å². The molecule has 0 fully saturated rings. The van der Waals surface area contributed by atoms with Crippen LogP contribution in [0.5, 0.6) is 0 Å². The summed E-state index contributed by atoms with van der Waals surface area (Å²) in [6, 6.07) is 10.1. The number of nitrogens with zero attached hydrogens (tertiary/aromatic N) is 3. The van der Waals surface area contributed by atoms with Crippen LogP contribution in [0.4, 0.5) is 11.4 Å². The molecule has 0 aliphatic rings. The van der Waals surface area contributed by atoms with Crippen molar-refractivity contribution in [2.45, 2.75) is 20.8 Å². The van der Waals surface area contributed by atoms with Gasteiger partial charge in [-0.1, -0.05) is 17.3 Å². The van der Waals surface area contributed by atoms with E-state index in [1.165, 1.54) is 5.56 Å². The lowest BCUT2D eigenvalue weighted by atomic mass is 10.1. The van der Waals surface area contributed by atoms with Crippen molar-refractivity contribution >= 4 is 17.2 Å². The minimum absolute atomic E-state index is 0.0644. The Labute approximate surface area is 124 Å². The summed E-state index contributed by atoms with van der Waals surface area (Å²) < 4.78 is 0. The van der Waals surface area contributed by atoms with Crippen molar-refractivity contribution < 1.29 is 5.21 Å². The molecule has 0 atom stereocenters. The van der Waals surface area contributed by atoms with Crippen molar-refractivity contribution in [2.24, 2.45) is 10.9 Å². The molecule has 0 unspecified atom stereocenters. The van der Waals surface area contributed by atoms with Gasteiger partial charge >= 0.3 is 0 Å². The highest BCUT2D eigenvalue weighted by Gasteiger charge is 2.17. The largest absolute Gasteiger partial charge is 0.409 e. The Morgan fingerprint density at radius 2 is 1.95 bits per heavy atom. The molecule has 0 aliphatic heterocycles. The Morgan fingerprint density at radius 1 is 1.24 bits per heavy atom. The van der Waals surface area contributed by atoms with Crippen molar-refractivity contribution in [1.29, 1.82) is 0 Å². The fourth-order valence-corrected chi connectivity index (χ4v) is 2.41. The predicted octanol–water partition coefficient (Wildman–Crippen LogP) is 2.87. The molecule has 1 heterocycles. The molecule has 3 N–H and O–H groups in total. The first-order valence-electron chi connectivity index (χ1n) is 6.70. The van der Waals surface area contributed by atoms with Gasteiger partial charge in [-0.05, 0) is 44.5 Å². The van der Waals surface area contributed by atoms with Crippen LogP contribution >= 0.6 is 0 Å². The number of hydrogen-bond acceptors (Lipinski definition) is 4. The van der Waals surface area contributed by atoms with Crippen molar-refractivity contribution in [2.75, 3.05) is 11.9 Å². The molecule has 0 bridgehead atoms. The zero-order valence-corrected chi connectivity index (χ0v) is 12.8. The first kappa shape index (κ1) is 14.8. The van der Waals surface area contributed by atoms with E-state index in [1.54, 1.807) is 0 Å². The number of anilines is 2. The predicted molar refractivity (Wildman–Crippen MR) is 85.5 cm³/mol. The lowest BCUT2D eigenvalue weighted by Crippen LogP contribution is -2.22. The Hall–Kier alpha value is -2.56. The molecule has 2 rings (SSSR count). The Morgan fingerprint density at radius 3 is 2.57 bits per heavy atom. The lowest BCUT2D eigenvalue weighted by Gasteiger charge is -2.24. The molecule has 1 aromatic heterocycles. The van der Waals surface area contributed by atoms with Gasteiger partial charge in [0.05, 0.1) is 16.9 Å². The molecule has 1 aromatic carbocycles. The van der Waals surface area contributed by atoms with Crippen molar-refractivity contribution in [1.82, 2.24) is 4.98 Å². The molecule has 110 valence electrons. The van der Waals surface area contributed by atoms with Crippen molar-refractivity contribution in [3.05, 3.63) is 52.8 Å². The molecule has 0 aliphatic carbocycles. The minimum atomic E-state index is 0.0644. The summed E-state index contributed by atoms with van der Waals surface area (Å²) in [7, 11) is 1.96. The summed E-state index contributed by atoms with van der Waals surface area (Å²) in [4.78, 5) is 6.41. The second-order valence-corrected chi connectivity index (χ2v) is 5.13. The average molecular weight is 284 g/mol. The maximum atomic E-state index is 9.02. The van der Waals surface area contributed by atoms with Gasteiger partial charge < -0.3 is 15.8 Å². The third kappa shape index (κ3) is 2.97. The number of aromatic nitrogens is 1. The molecule has 0 saturated carbocycles. The van der Waals surface area contributed by atoms with E-state index < -0.39 is 0 Å². The van der Waals surface area contributed by atoms with Gasteiger partial charge in [0.15, 0.2) is 5.84 Å². The molecule has 2 aromatic rings. The Bertz CT molecular complexity index is 695. The van der Waals surface area contributed by atoms with Crippen molar-refractivity contribution in [3.63, 3.8) is 0 Å². The summed E-state index contributed by atoms with van der Waals surface area (Å²) in [6.07, 6.45) is 0. The lowest BCUT2D eigenvalue weighted by molar-refractivity contribution is 0.318. The van der Waals surface area contributed by atoms with E-state index in [9.17, 15) is 0 Å². The molecule has 5 heteroatoms. The molecule has 0 radical (unpaired) electrons. The molecular weight excluding hydrogens is 264 g/mol. The fourth-order valence-electron chi connectivity index (χ4n) is 2.41. The summed E-state index contributed by atoms with van der Waals surface area (Å²) in [5.74, 6) is 0.0644. The number of rotatable bonds is 3. The SMILES string of the molecule is Cc1cccc(N(C)c2cc(C)nc(C)c2/C(N)=N/O)c1. The van der Waals surface area contributed by atoms with E-state index in [-0.39, 0.29) is 5.84 Å². The third-order valence-electron chi connectivity index (χ3n) is 3.42. The topological polar surface area (TPSA) is 74.7 Å². The number of amidine groups is 1. The first-order chi connectivity index (χ1) is 9.93. The van der Waals surface area contributed by atoms with Gasteiger partial charge in [0.2, 0.25) is 0 Å². The number of hydrogen-bond donors (Lipinski definition) is 2. The van der Waals surface area contributed by atoms with E-state index in [0.717, 1.165) is 22.8 Å². The van der Waals surface area contributed by atoms with Crippen LogP contribution in [-0.4, -0.2) is 23.1 Å². The summed E-state index contributed by atoms with van der Waals surface area (Å²) in [5, 5.41) is 12.2. The maximum Gasteiger partial charge on any atom is 0.174 e. The molecule has 0 spiro atoms. The molecular formula is C16H20N4O. The molecule has 0 amide bonds. The second kappa shape index (κ2) is 5.83. The van der Waals surface area contributed by atoms with E-state index in [2.05, 4.69) is 16.2 Å². The van der Waals surface area contributed by atoms with E-state index in [1.807, 2.05) is 57.0 Å². The van der Waals surface area contributed by atoms with Gasteiger partial charge in [-0.3, -0.25) is 4.98 Å². The standard InChI is InChI=1S/C16H20N4O/c1-10-6-5-7-13(8-10)20(4)14-9-11(2)18-12(3)15(14)16(17)19-21/h5-9,21H,1-4H3,(H2,17,19). The van der Waals surface area contributed by atoms with Crippen LogP contribution in [0.1, 0.15) is 22.5 Å². The van der Waals surface area contributed by atoms with Crippen LogP contribution in [0.2, 0.25) is 0 Å². The number of aryl methyl sites for hydroxylation is 3. The summed E-state index contributed by atoms with van der Waals surface area (Å²) in [6.45, 7) is 5.83. The first-order valence-corrected chi connectivity index (χ1v) is 6.70. The fraction of sp³-hybridized carbons (Fsp3) is 0.250. The second-order valence-electron chi connectivity index (χ2n) is 5.13. The van der Waals surface area contributed by atoms with Crippen molar-refractivity contribution in [3.8, 4) is 0 Å². The van der Waals surface area contributed by atoms with Crippen LogP contribution in [0.25, 0.3) is 0 Å². The number of oxime groups is 1. The van der Waals surface area contributed by atoms with Gasteiger partial charge in [0.1, 0.15) is 0 Å². The summed E-state index contributed by atoms with van der Waals surface area (Å²) >= 11 is 0. The monoisotopic (exact) mass is 284 g/mol. The number of benzene rings is 1. The van der Waals surface area contributed by atoms with Gasteiger partial charge in [0, 0.05) is 18.4 Å². The highest BCUT2D eigenvalue weighted by molar-refractivity contribution is 6.03. The molecule has 21 heavy (non-hydrogen) atoms. The highest BCUT2D eigenvalue weighted by Crippen LogP contribution is 2.29. The maximum absolute atomic E-state index is 9.02. The highest BCUT2D eigenvalue weighted by atomic mass is 16.4. The van der Waals surface area contributed by atoms with Gasteiger partial charge in [-0.2, -0.15) is 0 Å². The number of nitrogens with two attached hydrogens (primary N) is 1. The smallest absolute Gasteiger partial charge is 0.174 e. The van der Waals surface area contributed by atoms with Gasteiger partial charge in [-0.25, -0.2) is 0 Å². The Balaban J connectivity index is 2.62. The molecule has 5 nitrogen and oxygen atoms in total. The van der Waals surface area contributed by atoms with E-state index in [4.69, 9.17) is 10.9 Å². The third-order valence-corrected chi connectivity index (χ3v) is 3.42. The van der Waals surface area contributed by atoms with E-state index >= 15 is 0 Å². The summed E-state index contributed by atoms with van der Waals surface area (Å²) in [5.41, 5.74) is 11.2. The minimum Gasteiger partial charge on any atom is -0.409 e. The zero-order valence-electron chi connectivity index (χ0n) is 12.8. The Kier molecular flexibility index (Phi) is 4.12. The van der Waals surface area contributed by atoms with Gasteiger partial charge in [0.25, 0.3) is 0 Å². The normalized spacial score (nSPS) is 11.5.